The standard InChI is InChI=1S/C23H15N3OS2/c27-22-21(14-16-11-12-19-20(13-16)28-15-24-19)29-23(25-17-7-3-1-4-8-17)26(22)18-9-5-2-6-10-18/h1-15H/b21-14-,25-23-. The van der Waals surface area contributed by atoms with E-state index < -0.39 is 0 Å². The van der Waals surface area contributed by atoms with Gasteiger partial charge in [0.05, 0.1) is 32.0 Å². The molecule has 0 spiro atoms. The molecule has 0 aliphatic carbocycles. The van der Waals surface area contributed by atoms with Crippen molar-refractivity contribution in [2.75, 3.05) is 4.90 Å². The molecule has 0 radical (unpaired) electrons. The number of hydrogen-bond acceptors (Lipinski definition) is 5. The van der Waals surface area contributed by atoms with Crippen LogP contribution in [-0.2, 0) is 4.79 Å². The molecule has 29 heavy (non-hydrogen) atoms. The van der Waals surface area contributed by atoms with Gasteiger partial charge in [-0.25, -0.2) is 9.98 Å². The number of rotatable bonds is 3. The summed E-state index contributed by atoms with van der Waals surface area (Å²) in [6, 6.07) is 25.4. The molecular formula is C23H15N3OS2. The zero-order valence-electron chi connectivity index (χ0n) is 15.2. The summed E-state index contributed by atoms with van der Waals surface area (Å²) in [5.74, 6) is -0.0692. The molecule has 6 heteroatoms. The fourth-order valence-electron chi connectivity index (χ4n) is 3.08. The van der Waals surface area contributed by atoms with Gasteiger partial charge in [-0.1, -0.05) is 42.5 Å². The molecular weight excluding hydrogens is 398 g/mol. The second kappa shape index (κ2) is 7.66. The lowest BCUT2D eigenvalue weighted by Crippen LogP contribution is -2.28. The summed E-state index contributed by atoms with van der Waals surface area (Å²) in [7, 11) is 0. The maximum atomic E-state index is 13.3. The molecule has 1 aliphatic rings. The van der Waals surface area contributed by atoms with Crippen LogP contribution in [0.15, 0.2) is 94.3 Å². The molecule has 140 valence electrons. The van der Waals surface area contributed by atoms with Crippen molar-refractivity contribution < 1.29 is 4.79 Å². The molecule has 2 heterocycles. The lowest BCUT2D eigenvalue weighted by Gasteiger charge is -2.15. The summed E-state index contributed by atoms with van der Waals surface area (Å²) >= 11 is 2.99. The lowest BCUT2D eigenvalue weighted by molar-refractivity contribution is -0.113. The number of anilines is 1. The zero-order chi connectivity index (χ0) is 19.6. The minimum Gasteiger partial charge on any atom is -0.268 e. The van der Waals surface area contributed by atoms with Crippen molar-refractivity contribution in [2.45, 2.75) is 0 Å². The maximum absolute atomic E-state index is 13.3. The van der Waals surface area contributed by atoms with Gasteiger partial charge in [-0.15, -0.1) is 11.3 Å². The Balaban J connectivity index is 1.57. The zero-order valence-corrected chi connectivity index (χ0v) is 16.9. The Labute approximate surface area is 176 Å². The highest BCUT2D eigenvalue weighted by molar-refractivity contribution is 8.19. The van der Waals surface area contributed by atoms with E-state index >= 15 is 0 Å². The van der Waals surface area contributed by atoms with Crippen LogP contribution in [0.1, 0.15) is 5.56 Å². The fourth-order valence-corrected chi connectivity index (χ4v) is 4.81. The summed E-state index contributed by atoms with van der Waals surface area (Å²) in [6.45, 7) is 0. The van der Waals surface area contributed by atoms with E-state index in [1.165, 1.54) is 11.8 Å². The Bertz CT molecular complexity index is 1250. The van der Waals surface area contributed by atoms with Crippen LogP contribution in [0.5, 0.6) is 0 Å². The van der Waals surface area contributed by atoms with Crippen LogP contribution in [0, 0.1) is 0 Å². The van der Waals surface area contributed by atoms with Crippen molar-refractivity contribution in [1.29, 1.82) is 0 Å². The molecule has 1 aromatic heterocycles. The van der Waals surface area contributed by atoms with Gasteiger partial charge in [0.1, 0.15) is 0 Å². The molecule has 0 N–H and O–H groups in total. The third-order valence-corrected chi connectivity index (χ3v) is 6.22. The van der Waals surface area contributed by atoms with E-state index in [1.54, 1.807) is 16.2 Å². The van der Waals surface area contributed by atoms with Crippen LogP contribution in [0.2, 0.25) is 0 Å². The normalized spacial score (nSPS) is 17.0. The van der Waals surface area contributed by atoms with E-state index in [-0.39, 0.29) is 5.91 Å². The molecule has 1 aliphatic heterocycles. The first kappa shape index (κ1) is 17.8. The average Bonchev–Trinajstić information content (AvgIpc) is 3.34. The summed E-state index contributed by atoms with van der Waals surface area (Å²) in [5.41, 5.74) is 5.40. The van der Waals surface area contributed by atoms with Crippen molar-refractivity contribution in [2.24, 2.45) is 4.99 Å². The van der Waals surface area contributed by atoms with Crippen LogP contribution >= 0.6 is 23.1 Å². The summed E-state index contributed by atoms with van der Waals surface area (Å²) in [4.78, 5) is 24.6. The van der Waals surface area contributed by atoms with Crippen LogP contribution in [0.3, 0.4) is 0 Å². The van der Waals surface area contributed by atoms with Gasteiger partial charge in [-0.3, -0.25) is 9.69 Å². The van der Waals surface area contributed by atoms with Crippen molar-refractivity contribution in [3.63, 3.8) is 0 Å². The number of benzene rings is 3. The van der Waals surface area contributed by atoms with E-state index in [1.807, 2.05) is 84.4 Å². The molecule has 0 bridgehead atoms. The number of fused-ring (bicyclic) bond motifs is 1. The van der Waals surface area contributed by atoms with Gasteiger partial charge in [0.2, 0.25) is 0 Å². The first-order valence-electron chi connectivity index (χ1n) is 9.04. The topological polar surface area (TPSA) is 45.6 Å². The average molecular weight is 414 g/mol. The third kappa shape index (κ3) is 3.60. The number of amides is 1. The molecule has 0 unspecified atom stereocenters. The molecule has 0 atom stereocenters. The van der Waals surface area contributed by atoms with Crippen LogP contribution in [-0.4, -0.2) is 16.1 Å². The van der Waals surface area contributed by atoms with Crippen LogP contribution < -0.4 is 4.90 Å². The van der Waals surface area contributed by atoms with Crippen LogP contribution in [0.4, 0.5) is 11.4 Å². The second-order valence-corrected chi connectivity index (χ2v) is 8.29. The number of thiazole rings is 1. The second-order valence-electron chi connectivity index (χ2n) is 6.40. The number of aromatic nitrogens is 1. The van der Waals surface area contributed by atoms with Gasteiger partial charge in [0.25, 0.3) is 5.91 Å². The summed E-state index contributed by atoms with van der Waals surface area (Å²) < 4.78 is 1.10. The van der Waals surface area contributed by atoms with Gasteiger partial charge >= 0.3 is 0 Å². The Morgan fingerprint density at radius 3 is 2.48 bits per heavy atom. The number of carbonyl (C=O) groups excluding carboxylic acids is 1. The molecule has 0 saturated carbocycles. The van der Waals surface area contributed by atoms with E-state index in [0.29, 0.717) is 10.1 Å². The van der Waals surface area contributed by atoms with E-state index in [0.717, 1.165) is 27.2 Å². The molecule has 4 aromatic rings. The maximum Gasteiger partial charge on any atom is 0.271 e. The van der Waals surface area contributed by atoms with E-state index in [2.05, 4.69) is 11.1 Å². The van der Waals surface area contributed by atoms with Crippen molar-refractivity contribution in [1.82, 2.24) is 4.98 Å². The van der Waals surface area contributed by atoms with Gasteiger partial charge in [-0.2, -0.15) is 0 Å². The van der Waals surface area contributed by atoms with E-state index in [4.69, 9.17) is 4.99 Å². The predicted octanol–water partition coefficient (Wildman–Crippen LogP) is 6.10. The molecule has 1 saturated heterocycles. The molecule has 3 aromatic carbocycles. The molecule has 1 fully saturated rings. The molecule has 4 nitrogen and oxygen atoms in total. The van der Waals surface area contributed by atoms with Crippen molar-refractivity contribution in [3.8, 4) is 0 Å². The van der Waals surface area contributed by atoms with Crippen molar-refractivity contribution >= 4 is 61.8 Å². The minimum absolute atomic E-state index is 0.0692. The van der Waals surface area contributed by atoms with Crippen LogP contribution in [0.25, 0.3) is 16.3 Å². The number of hydrogen-bond donors (Lipinski definition) is 0. The number of para-hydroxylation sites is 2. The van der Waals surface area contributed by atoms with Gasteiger partial charge in [-0.05, 0) is 59.8 Å². The van der Waals surface area contributed by atoms with Gasteiger partial charge in [0.15, 0.2) is 5.17 Å². The van der Waals surface area contributed by atoms with Gasteiger partial charge < -0.3 is 0 Å². The first-order chi connectivity index (χ1) is 14.3. The highest BCUT2D eigenvalue weighted by Crippen LogP contribution is 2.37. The Morgan fingerprint density at radius 2 is 1.69 bits per heavy atom. The quantitative estimate of drug-likeness (QED) is 0.381. The molecule has 5 rings (SSSR count). The number of nitrogens with zero attached hydrogens (tertiary/aromatic N) is 3. The number of carbonyl (C=O) groups is 1. The SMILES string of the molecule is O=C1/C(=C/c2ccc3ncsc3c2)S/C(=N\c2ccccc2)N1c1ccccc1. The monoisotopic (exact) mass is 413 g/mol. The Hall–Kier alpha value is -3.22. The van der Waals surface area contributed by atoms with Crippen molar-refractivity contribution in [3.05, 3.63) is 94.8 Å². The molecule has 1 amide bonds. The van der Waals surface area contributed by atoms with Gasteiger partial charge in [0, 0.05) is 0 Å². The highest BCUT2D eigenvalue weighted by atomic mass is 32.2. The number of thioether (sulfide) groups is 1. The highest BCUT2D eigenvalue weighted by Gasteiger charge is 2.34. The predicted molar refractivity (Wildman–Crippen MR) is 123 cm³/mol. The summed E-state index contributed by atoms with van der Waals surface area (Å²) in [5, 5.41) is 0.650. The first-order valence-corrected chi connectivity index (χ1v) is 10.7. The Kier molecular flexibility index (Phi) is 4.71. The smallest absolute Gasteiger partial charge is 0.268 e. The largest absolute Gasteiger partial charge is 0.271 e. The van der Waals surface area contributed by atoms with E-state index in [9.17, 15) is 4.79 Å². The summed E-state index contributed by atoms with van der Waals surface area (Å²) in [6.07, 6.45) is 1.93. The fraction of sp³-hybridized carbons (Fsp3) is 0. The number of aliphatic imine (C=N–C) groups is 1. The number of amidine groups is 1. The Morgan fingerprint density at radius 1 is 0.931 bits per heavy atom. The lowest BCUT2D eigenvalue weighted by atomic mass is 10.2. The minimum atomic E-state index is -0.0692. The third-order valence-electron chi connectivity index (χ3n) is 4.45.